The van der Waals surface area contributed by atoms with Crippen molar-refractivity contribution in [3.63, 3.8) is 0 Å². The SMILES string of the molecule is CN1C(=O)O[C@@H]2CO[C@@H]3CC(C=O)O[C@@H]3[C@@H]21. The van der Waals surface area contributed by atoms with Gasteiger partial charge in [-0.3, -0.25) is 0 Å². The molecule has 0 spiro atoms. The fourth-order valence-corrected chi connectivity index (χ4v) is 2.70. The van der Waals surface area contributed by atoms with E-state index in [-0.39, 0.29) is 30.4 Å². The van der Waals surface area contributed by atoms with Crippen LogP contribution in [0.1, 0.15) is 6.42 Å². The summed E-state index contributed by atoms with van der Waals surface area (Å²) in [5.74, 6) is 0. The monoisotopic (exact) mass is 227 g/mol. The average Bonchev–Trinajstić information content (AvgIpc) is 2.81. The van der Waals surface area contributed by atoms with Crippen LogP contribution in [0.5, 0.6) is 0 Å². The highest BCUT2D eigenvalue weighted by Crippen LogP contribution is 2.36. The molecule has 6 heteroatoms. The first-order valence-corrected chi connectivity index (χ1v) is 5.36. The van der Waals surface area contributed by atoms with E-state index in [9.17, 15) is 9.59 Å². The van der Waals surface area contributed by atoms with Crippen LogP contribution in [0.25, 0.3) is 0 Å². The van der Waals surface area contributed by atoms with Gasteiger partial charge >= 0.3 is 6.09 Å². The molecule has 0 aromatic heterocycles. The molecule has 3 aliphatic rings. The largest absolute Gasteiger partial charge is 0.441 e. The number of rotatable bonds is 1. The summed E-state index contributed by atoms with van der Waals surface area (Å²) in [5.41, 5.74) is 0. The zero-order chi connectivity index (χ0) is 11.3. The molecule has 5 atom stereocenters. The van der Waals surface area contributed by atoms with Gasteiger partial charge in [-0.2, -0.15) is 0 Å². The lowest BCUT2D eigenvalue weighted by Crippen LogP contribution is -2.54. The smallest absolute Gasteiger partial charge is 0.410 e. The molecule has 3 fully saturated rings. The van der Waals surface area contributed by atoms with E-state index in [0.29, 0.717) is 13.0 Å². The van der Waals surface area contributed by atoms with Crippen molar-refractivity contribution in [2.24, 2.45) is 0 Å². The van der Waals surface area contributed by atoms with E-state index in [1.165, 1.54) is 4.90 Å². The summed E-state index contributed by atoms with van der Waals surface area (Å²) in [5, 5.41) is 0. The summed E-state index contributed by atoms with van der Waals surface area (Å²) >= 11 is 0. The minimum atomic E-state index is -0.419. The Labute approximate surface area is 92.4 Å². The molecule has 3 rings (SSSR count). The van der Waals surface area contributed by atoms with Crippen molar-refractivity contribution in [1.82, 2.24) is 4.90 Å². The van der Waals surface area contributed by atoms with Crippen molar-refractivity contribution in [1.29, 1.82) is 0 Å². The predicted molar refractivity (Wildman–Crippen MR) is 50.9 cm³/mol. The third-order valence-electron chi connectivity index (χ3n) is 3.49. The van der Waals surface area contributed by atoms with Gasteiger partial charge in [-0.1, -0.05) is 0 Å². The third kappa shape index (κ3) is 1.26. The Morgan fingerprint density at radius 3 is 3.00 bits per heavy atom. The lowest BCUT2D eigenvalue weighted by Gasteiger charge is -2.35. The van der Waals surface area contributed by atoms with Gasteiger partial charge in [-0.05, 0) is 0 Å². The number of ether oxygens (including phenoxy) is 3. The molecule has 16 heavy (non-hydrogen) atoms. The number of hydrogen-bond donors (Lipinski definition) is 0. The van der Waals surface area contributed by atoms with Gasteiger partial charge in [0.15, 0.2) is 0 Å². The van der Waals surface area contributed by atoms with Crippen molar-refractivity contribution in [2.75, 3.05) is 13.7 Å². The summed E-state index contributed by atoms with van der Waals surface area (Å²) < 4.78 is 16.3. The number of nitrogens with zero attached hydrogens (tertiary/aromatic N) is 1. The average molecular weight is 227 g/mol. The first kappa shape index (κ1) is 10.0. The van der Waals surface area contributed by atoms with Gasteiger partial charge in [0.1, 0.15) is 30.6 Å². The highest BCUT2D eigenvalue weighted by Gasteiger charge is 2.54. The van der Waals surface area contributed by atoms with Gasteiger partial charge in [0.2, 0.25) is 0 Å². The zero-order valence-electron chi connectivity index (χ0n) is 8.87. The van der Waals surface area contributed by atoms with E-state index in [2.05, 4.69) is 0 Å². The number of aldehydes is 1. The Morgan fingerprint density at radius 1 is 1.44 bits per heavy atom. The van der Waals surface area contributed by atoms with Gasteiger partial charge < -0.3 is 23.9 Å². The molecule has 0 saturated carbocycles. The van der Waals surface area contributed by atoms with E-state index in [1.807, 2.05) is 0 Å². The maximum atomic E-state index is 11.4. The summed E-state index contributed by atoms with van der Waals surface area (Å²) in [4.78, 5) is 23.6. The molecule has 0 radical (unpaired) electrons. The van der Waals surface area contributed by atoms with Crippen molar-refractivity contribution < 1.29 is 23.8 Å². The highest BCUT2D eigenvalue weighted by molar-refractivity contribution is 5.70. The van der Waals surface area contributed by atoms with Crippen LogP contribution in [-0.4, -0.2) is 61.4 Å². The minimum absolute atomic E-state index is 0.103. The van der Waals surface area contributed by atoms with Crippen molar-refractivity contribution in [2.45, 2.75) is 36.9 Å². The number of amides is 1. The standard InChI is InChI=1S/C10H13NO5/c1-11-8-7(16-10(11)13)4-14-6-2-5(3-12)15-9(6)8/h3,5-9H,2,4H2,1H3/t5?,6-,7-,8-,9+/m1/s1. The maximum absolute atomic E-state index is 11.4. The van der Waals surface area contributed by atoms with E-state index in [4.69, 9.17) is 14.2 Å². The van der Waals surface area contributed by atoms with Crippen molar-refractivity contribution in [3.05, 3.63) is 0 Å². The summed E-state index contributed by atoms with van der Waals surface area (Å²) in [6, 6.07) is -0.129. The fraction of sp³-hybridized carbons (Fsp3) is 0.800. The molecule has 3 saturated heterocycles. The van der Waals surface area contributed by atoms with E-state index < -0.39 is 6.10 Å². The van der Waals surface area contributed by atoms with Crippen LogP contribution < -0.4 is 0 Å². The van der Waals surface area contributed by atoms with Gasteiger partial charge in [0.25, 0.3) is 0 Å². The lowest BCUT2D eigenvalue weighted by atomic mass is 9.96. The molecule has 1 unspecified atom stereocenters. The molecule has 3 aliphatic heterocycles. The molecule has 88 valence electrons. The number of carbonyl (C=O) groups excluding carboxylic acids is 2. The predicted octanol–water partition coefficient (Wildman–Crippen LogP) is -0.439. The Kier molecular flexibility index (Phi) is 2.15. The normalized spacial score (nSPS) is 46.2. The lowest BCUT2D eigenvalue weighted by molar-refractivity contribution is -0.129. The quantitative estimate of drug-likeness (QED) is 0.568. The van der Waals surface area contributed by atoms with E-state index in [1.54, 1.807) is 7.05 Å². The molecule has 1 amide bonds. The Bertz CT molecular complexity index is 333. The molecule has 0 aromatic carbocycles. The third-order valence-corrected chi connectivity index (χ3v) is 3.49. The van der Waals surface area contributed by atoms with E-state index in [0.717, 1.165) is 6.29 Å². The van der Waals surface area contributed by atoms with Crippen LogP contribution in [0.15, 0.2) is 0 Å². The minimum Gasteiger partial charge on any atom is -0.441 e. The van der Waals surface area contributed by atoms with Gasteiger partial charge in [-0.25, -0.2) is 4.79 Å². The molecule has 0 bridgehead atoms. The Morgan fingerprint density at radius 2 is 2.25 bits per heavy atom. The fourth-order valence-electron chi connectivity index (χ4n) is 2.70. The molecular formula is C10H13NO5. The summed E-state index contributed by atoms with van der Waals surface area (Å²) in [6.45, 7) is 0.386. The van der Waals surface area contributed by atoms with Crippen LogP contribution >= 0.6 is 0 Å². The summed E-state index contributed by atoms with van der Waals surface area (Å²) in [6.07, 6.45) is -0.0357. The second-order valence-electron chi connectivity index (χ2n) is 4.41. The molecular weight excluding hydrogens is 214 g/mol. The van der Waals surface area contributed by atoms with Gasteiger partial charge in [0.05, 0.1) is 12.7 Å². The molecule has 3 heterocycles. The van der Waals surface area contributed by atoms with Gasteiger partial charge in [-0.15, -0.1) is 0 Å². The van der Waals surface area contributed by atoms with E-state index >= 15 is 0 Å². The second kappa shape index (κ2) is 3.43. The molecule has 6 nitrogen and oxygen atoms in total. The van der Waals surface area contributed by atoms with Crippen LogP contribution in [0.4, 0.5) is 4.79 Å². The van der Waals surface area contributed by atoms with Crippen molar-refractivity contribution in [3.8, 4) is 0 Å². The number of likely N-dealkylation sites (N-methyl/N-ethyl adjacent to an activating group) is 1. The summed E-state index contributed by atoms with van der Waals surface area (Å²) in [7, 11) is 1.69. The van der Waals surface area contributed by atoms with Crippen LogP contribution in [0.2, 0.25) is 0 Å². The van der Waals surface area contributed by atoms with Crippen LogP contribution in [0.3, 0.4) is 0 Å². The maximum Gasteiger partial charge on any atom is 0.410 e. The van der Waals surface area contributed by atoms with Crippen LogP contribution in [0, 0.1) is 0 Å². The zero-order valence-corrected chi connectivity index (χ0v) is 8.87. The number of carbonyl (C=O) groups is 2. The van der Waals surface area contributed by atoms with Crippen LogP contribution in [-0.2, 0) is 19.0 Å². The van der Waals surface area contributed by atoms with Gasteiger partial charge in [0, 0.05) is 13.5 Å². The molecule has 0 N–H and O–H groups in total. The molecule has 0 aliphatic carbocycles. The second-order valence-corrected chi connectivity index (χ2v) is 4.41. The molecule has 0 aromatic rings. The number of fused-ring (bicyclic) bond motifs is 3. The highest BCUT2D eigenvalue weighted by atomic mass is 16.6. The Balaban J connectivity index is 1.84. The number of hydrogen-bond acceptors (Lipinski definition) is 5. The topological polar surface area (TPSA) is 65.1 Å². The Hall–Kier alpha value is -1.14. The first-order chi connectivity index (χ1) is 7.70. The van der Waals surface area contributed by atoms with Crippen molar-refractivity contribution >= 4 is 12.4 Å². The first-order valence-electron chi connectivity index (χ1n) is 5.36.